The van der Waals surface area contributed by atoms with E-state index in [0.29, 0.717) is 31.6 Å². The molecule has 0 unspecified atom stereocenters. The van der Waals surface area contributed by atoms with Crippen LogP contribution in [0.2, 0.25) is 0 Å². The van der Waals surface area contributed by atoms with Crippen molar-refractivity contribution in [3.05, 3.63) is 35.6 Å². The maximum absolute atomic E-state index is 13.4. The number of carbonyl (C=O) groups is 1. The quantitative estimate of drug-likeness (QED) is 0.919. The van der Waals surface area contributed by atoms with Gasteiger partial charge in [0.2, 0.25) is 5.91 Å². The summed E-state index contributed by atoms with van der Waals surface area (Å²) >= 11 is 0. The molecule has 1 aromatic carbocycles. The zero-order chi connectivity index (χ0) is 16.5. The van der Waals surface area contributed by atoms with Crippen molar-refractivity contribution in [2.24, 2.45) is 0 Å². The molecule has 0 saturated carbocycles. The lowest BCUT2D eigenvalue weighted by Gasteiger charge is -2.31. The summed E-state index contributed by atoms with van der Waals surface area (Å²) in [6, 6.07) is 6.16. The van der Waals surface area contributed by atoms with E-state index < -0.39 is 11.0 Å². The van der Waals surface area contributed by atoms with E-state index in [1.165, 1.54) is 12.1 Å². The summed E-state index contributed by atoms with van der Waals surface area (Å²) in [5.74, 6) is -0.420. The fourth-order valence-electron chi connectivity index (χ4n) is 3.14. The lowest BCUT2D eigenvalue weighted by Crippen LogP contribution is -2.47. The molecule has 1 aliphatic heterocycles. The average Bonchev–Trinajstić information content (AvgIpc) is 2.78. The molecule has 4 nitrogen and oxygen atoms in total. The van der Waals surface area contributed by atoms with Crippen LogP contribution >= 0.6 is 0 Å². The molecule has 1 saturated heterocycles. The van der Waals surface area contributed by atoms with E-state index >= 15 is 0 Å². The van der Waals surface area contributed by atoms with Crippen LogP contribution in [0, 0.1) is 5.82 Å². The highest BCUT2D eigenvalue weighted by Gasteiger charge is 2.43. The fraction of sp³-hybridized carbons (Fsp3) is 0.588. The molecule has 1 N–H and O–H groups in total. The van der Waals surface area contributed by atoms with Gasteiger partial charge in [0.05, 0.1) is 17.6 Å². The minimum atomic E-state index is -0.864. The molecule has 22 heavy (non-hydrogen) atoms. The van der Waals surface area contributed by atoms with Gasteiger partial charge in [0, 0.05) is 13.1 Å². The van der Waals surface area contributed by atoms with E-state index in [1.807, 2.05) is 19.0 Å². The molecule has 1 fully saturated rings. The summed E-state index contributed by atoms with van der Waals surface area (Å²) in [7, 11) is 3.80. The molecule has 1 amide bonds. The van der Waals surface area contributed by atoms with Gasteiger partial charge in [-0.05, 0) is 52.1 Å². The molecule has 2 rings (SSSR count). The molecule has 1 heterocycles. The zero-order valence-electron chi connectivity index (χ0n) is 13.8. The molecule has 1 aromatic rings. The van der Waals surface area contributed by atoms with Crippen LogP contribution in [0.15, 0.2) is 24.3 Å². The van der Waals surface area contributed by atoms with Crippen LogP contribution in [-0.4, -0.2) is 60.1 Å². The van der Waals surface area contributed by atoms with Gasteiger partial charge in [0.1, 0.15) is 5.82 Å². The second-order valence-electron chi connectivity index (χ2n) is 7.07. The average molecular weight is 308 g/mol. The number of β-amino-alcohol motifs (C(OH)–C–C–N with tert-alkyl or cyclic N) is 1. The largest absolute Gasteiger partial charge is 0.387 e. The first-order valence-corrected chi connectivity index (χ1v) is 7.57. The van der Waals surface area contributed by atoms with Crippen molar-refractivity contribution in [2.75, 3.05) is 33.7 Å². The summed E-state index contributed by atoms with van der Waals surface area (Å²) in [6.45, 7) is 4.97. The summed E-state index contributed by atoms with van der Waals surface area (Å²) in [5.41, 5.74) is -1.02. The SMILES string of the molecule is CN(C)C[C@]1(O)CCN(C(=O)C(C)(C)c2cccc(F)c2)C1. The van der Waals surface area contributed by atoms with Crippen LogP contribution in [0.4, 0.5) is 4.39 Å². The first kappa shape index (κ1) is 16.9. The van der Waals surface area contributed by atoms with E-state index in [-0.39, 0.29) is 11.7 Å². The van der Waals surface area contributed by atoms with E-state index in [2.05, 4.69) is 0 Å². The Morgan fingerprint density at radius 3 is 2.73 bits per heavy atom. The number of likely N-dealkylation sites (N-methyl/N-ethyl adjacent to an activating group) is 1. The highest BCUT2D eigenvalue weighted by Crippen LogP contribution is 2.30. The maximum atomic E-state index is 13.4. The molecule has 0 spiro atoms. The second-order valence-corrected chi connectivity index (χ2v) is 7.07. The van der Waals surface area contributed by atoms with Gasteiger partial charge in [-0.1, -0.05) is 12.1 Å². The van der Waals surface area contributed by atoms with Gasteiger partial charge in [-0.3, -0.25) is 4.79 Å². The van der Waals surface area contributed by atoms with E-state index in [9.17, 15) is 14.3 Å². The Morgan fingerprint density at radius 2 is 2.14 bits per heavy atom. The first-order chi connectivity index (χ1) is 10.1. The third kappa shape index (κ3) is 3.47. The van der Waals surface area contributed by atoms with Crippen molar-refractivity contribution in [1.82, 2.24) is 9.80 Å². The molecule has 0 radical (unpaired) electrons. The number of benzene rings is 1. The maximum Gasteiger partial charge on any atom is 0.232 e. The van der Waals surface area contributed by atoms with Crippen LogP contribution in [0.5, 0.6) is 0 Å². The minimum absolute atomic E-state index is 0.0761. The third-order valence-electron chi connectivity index (χ3n) is 4.31. The number of carbonyl (C=O) groups excluding carboxylic acids is 1. The Bertz CT molecular complexity index is 559. The van der Waals surface area contributed by atoms with E-state index in [1.54, 1.807) is 30.9 Å². The Morgan fingerprint density at radius 1 is 1.45 bits per heavy atom. The van der Waals surface area contributed by atoms with Crippen molar-refractivity contribution >= 4 is 5.91 Å². The topological polar surface area (TPSA) is 43.8 Å². The third-order valence-corrected chi connectivity index (χ3v) is 4.31. The zero-order valence-corrected chi connectivity index (χ0v) is 13.8. The Hall–Kier alpha value is -1.46. The first-order valence-electron chi connectivity index (χ1n) is 7.57. The summed E-state index contributed by atoms with van der Waals surface area (Å²) in [4.78, 5) is 16.4. The number of aliphatic hydroxyl groups is 1. The highest BCUT2D eigenvalue weighted by molar-refractivity contribution is 5.87. The van der Waals surface area contributed by atoms with Gasteiger partial charge >= 0.3 is 0 Å². The summed E-state index contributed by atoms with van der Waals surface area (Å²) in [6.07, 6.45) is 0.566. The molecule has 0 bridgehead atoms. The predicted molar refractivity (Wildman–Crippen MR) is 84.1 cm³/mol. The van der Waals surface area contributed by atoms with Crippen LogP contribution in [0.1, 0.15) is 25.8 Å². The molecular weight excluding hydrogens is 283 g/mol. The molecule has 1 atom stereocenters. The van der Waals surface area contributed by atoms with Crippen LogP contribution < -0.4 is 0 Å². The lowest BCUT2D eigenvalue weighted by atomic mass is 9.83. The molecule has 122 valence electrons. The number of hydrogen-bond donors (Lipinski definition) is 1. The normalized spacial score (nSPS) is 22.4. The van der Waals surface area contributed by atoms with Crippen molar-refractivity contribution in [3.63, 3.8) is 0 Å². The number of halogens is 1. The molecule has 0 aliphatic carbocycles. The Balaban J connectivity index is 2.15. The lowest BCUT2D eigenvalue weighted by molar-refractivity contribution is -0.136. The monoisotopic (exact) mass is 308 g/mol. The number of amides is 1. The Labute approximate surface area is 131 Å². The van der Waals surface area contributed by atoms with Gasteiger partial charge in [0.25, 0.3) is 0 Å². The van der Waals surface area contributed by atoms with Gasteiger partial charge in [-0.2, -0.15) is 0 Å². The van der Waals surface area contributed by atoms with Crippen molar-refractivity contribution < 1.29 is 14.3 Å². The smallest absolute Gasteiger partial charge is 0.232 e. The summed E-state index contributed by atoms with van der Waals surface area (Å²) < 4.78 is 13.4. The van der Waals surface area contributed by atoms with Crippen LogP contribution in [0.3, 0.4) is 0 Å². The molecular formula is C17H25FN2O2. The molecule has 0 aromatic heterocycles. The number of hydrogen-bond acceptors (Lipinski definition) is 3. The van der Waals surface area contributed by atoms with Crippen molar-refractivity contribution in [2.45, 2.75) is 31.3 Å². The minimum Gasteiger partial charge on any atom is -0.387 e. The van der Waals surface area contributed by atoms with Gasteiger partial charge in [-0.15, -0.1) is 0 Å². The summed E-state index contributed by atoms with van der Waals surface area (Å²) in [5, 5.41) is 10.6. The van der Waals surface area contributed by atoms with Crippen LogP contribution in [0.25, 0.3) is 0 Å². The molecule has 1 aliphatic rings. The standard InChI is InChI=1S/C17H25FN2O2/c1-16(2,13-6-5-7-14(18)10-13)15(21)20-9-8-17(22,12-20)11-19(3)4/h5-7,10,22H,8-9,11-12H2,1-4H3/t17-/m1/s1. The number of nitrogens with zero attached hydrogens (tertiary/aromatic N) is 2. The highest BCUT2D eigenvalue weighted by atomic mass is 19.1. The number of rotatable bonds is 4. The van der Waals surface area contributed by atoms with Crippen molar-refractivity contribution in [3.8, 4) is 0 Å². The Kier molecular flexibility index (Phi) is 4.59. The molecule has 5 heteroatoms. The van der Waals surface area contributed by atoms with Crippen molar-refractivity contribution in [1.29, 1.82) is 0 Å². The van der Waals surface area contributed by atoms with Crippen LogP contribution in [-0.2, 0) is 10.2 Å². The van der Waals surface area contributed by atoms with E-state index in [0.717, 1.165) is 0 Å². The number of likely N-dealkylation sites (tertiary alicyclic amines) is 1. The predicted octanol–water partition coefficient (Wildman–Crippen LogP) is 1.63. The van der Waals surface area contributed by atoms with Gasteiger partial charge < -0.3 is 14.9 Å². The van der Waals surface area contributed by atoms with E-state index in [4.69, 9.17) is 0 Å². The fourth-order valence-corrected chi connectivity index (χ4v) is 3.14. The van der Waals surface area contributed by atoms with Gasteiger partial charge in [0.15, 0.2) is 0 Å². The second kappa shape index (κ2) is 5.97. The van der Waals surface area contributed by atoms with Gasteiger partial charge in [-0.25, -0.2) is 4.39 Å².